The van der Waals surface area contributed by atoms with Gasteiger partial charge >= 0.3 is 0 Å². The molecule has 0 unspecified atom stereocenters. The maximum atomic E-state index is 9.02. The number of aliphatic hydroxyl groups excluding tert-OH is 2. The standard InChI is InChI=1S/C12H14ClN3O.C7H9NO.C6H6/c13-11-7-10(8-14)1-2-12(11)16-5-3-15(9-17)4-6-16;1-6-2-3-7(5-9)8-4-6;1-2-4-6-5-3-1/h1-2,7,17H,3-6,9H2;2-4,9H,5H2,1H3;1-6H. The largest absolute Gasteiger partial charge is 0.390 e. The smallest absolute Gasteiger partial charge is 0.0992 e. The molecule has 2 heterocycles. The van der Waals surface area contributed by atoms with E-state index in [9.17, 15) is 0 Å². The van der Waals surface area contributed by atoms with Crippen LogP contribution in [0.2, 0.25) is 5.02 Å². The van der Waals surface area contributed by atoms with Gasteiger partial charge < -0.3 is 15.1 Å². The highest BCUT2D eigenvalue weighted by Gasteiger charge is 2.18. The third kappa shape index (κ3) is 8.66. The molecule has 0 bridgehead atoms. The monoisotopic (exact) mass is 452 g/mol. The van der Waals surface area contributed by atoms with Crippen molar-refractivity contribution in [3.63, 3.8) is 0 Å². The zero-order chi connectivity index (χ0) is 23.2. The predicted molar refractivity (Wildman–Crippen MR) is 128 cm³/mol. The molecule has 4 rings (SSSR count). The van der Waals surface area contributed by atoms with E-state index in [-0.39, 0.29) is 13.3 Å². The van der Waals surface area contributed by atoms with Gasteiger partial charge in [0.25, 0.3) is 0 Å². The SMILES string of the molecule is Cc1ccc(CO)nc1.N#Cc1ccc(N2CCN(CO)CC2)c(Cl)c1.c1ccccc1. The Hall–Kier alpha value is -2.95. The molecular formula is C25H29ClN4O2. The Morgan fingerprint density at radius 2 is 1.59 bits per heavy atom. The number of piperazine rings is 1. The summed E-state index contributed by atoms with van der Waals surface area (Å²) in [5.74, 6) is 0. The number of nitrogens with zero attached hydrogens (tertiary/aromatic N) is 4. The van der Waals surface area contributed by atoms with Gasteiger partial charge in [0.15, 0.2) is 0 Å². The average molecular weight is 453 g/mol. The van der Waals surface area contributed by atoms with Crippen LogP contribution in [0.15, 0.2) is 72.9 Å². The van der Waals surface area contributed by atoms with Crippen LogP contribution in [-0.2, 0) is 6.61 Å². The molecule has 0 amide bonds. The molecule has 0 radical (unpaired) electrons. The Labute approximate surface area is 194 Å². The van der Waals surface area contributed by atoms with E-state index in [1.54, 1.807) is 18.3 Å². The Morgan fingerprint density at radius 3 is 2.03 bits per heavy atom. The number of hydrogen-bond donors (Lipinski definition) is 2. The van der Waals surface area contributed by atoms with E-state index < -0.39 is 0 Å². The summed E-state index contributed by atoms with van der Waals surface area (Å²) in [6, 6.07) is 23.2. The van der Waals surface area contributed by atoms with E-state index >= 15 is 0 Å². The summed E-state index contributed by atoms with van der Waals surface area (Å²) < 4.78 is 0. The number of aromatic nitrogens is 1. The third-order valence-electron chi connectivity index (χ3n) is 4.79. The van der Waals surface area contributed by atoms with Crippen LogP contribution in [0.4, 0.5) is 5.69 Å². The Morgan fingerprint density at radius 1 is 0.969 bits per heavy atom. The van der Waals surface area contributed by atoms with Crippen molar-refractivity contribution in [3.05, 3.63) is 94.8 Å². The first-order valence-electron chi connectivity index (χ1n) is 10.4. The van der Waals surface area contributed by atoms with Crippen LogP contribution in [0.5, 0.6) is 0 Å². The minimum absolute atomic E-state index is 0.0281. The van der Waals surface area contributed by atoms with Gasteiger partial charge in [-0.05, 0) is 36.8 Å². The second-order valence-electron chi connectivity index (χ2n) is 7.16. The molecule has 1 aromatic heterocycles. The maximum absolute atomic E-state index is 9.02. The van der Waals surface area contributed by atoms with Gasteiger partial charge in [-0.25, -0.2) is 0 Å². The lowest BCUT2D eigenvalue weighted by Crippen LogP contribution is -2.46. The van der Waals surface area contributed by atoms with Gasteiger partial charge in [-0.3, -0.25) is 9.88 Å². The van der Waals surface area contributed by atoms with Gasteiger partial charge in [-0.2, -0.15) is 5.26 Å². The summed E-state index contributed by atoms with van der Waals surface area (Å²) in [6.45, 7) is 5.43. The lowest BCUT2D eigenvalue weighted by atomic mass is 10.2. The maximum Gasteiger partial charge on any atom is 0.0992 e. The molecule has 1 saturated heterocycles. The van der Waals surface area contributed by atoms with Crippen molar-refractivity contribution in [3.8, 4) is 6.07 Å². The minimum Gasteiger partial charge on any atom is -0.390 e. The van der Waals surface area contributed by atoms with Crippen molar-refractivity contribution < 1.29 is 10.2 Å². The molecule has 6 nitrogen and oxygen atoms in total. The fourth-order valence-electron chi connectivity index (χ4n) is 2.94. The topological polar surface area (TPSA) is 83.6 Å². The van der Waals surface area contributed by atoms with Crippen LogP contribution in [0.3, 0.4) is 0 Å². The third-order valence-corrected chi connectivity index (χ3v) is 5.09. The molecule has 2 aromatic carbocycles. The molecule has 2 N–H and O–H groups in total. The second-order valence-corrected chi connectivity index (χ2v) is 7.57. The molecule has 7 heteroatoms. The van der Waals surface area contributed by atoms with E-state index in [0.717, 1.165) is 43.1 Å². The summed E-state index contributed by atoms with van der Waals surface area (Å²) in [4.78, 5) is 8.10. The number of benzene rings is 2. The van der Waals surface area contributed by atoms with E-state index in [2.05, 4.69) is 16.0 Å². The summed E-state index contributed by atoms with van der Waals surface area (Å²) >= 11 is 6.16. The number of rotatable bonds is 3. The fraction of sp³-hybridized carbons (Fsp3) is 0.280. The van der Waals surface area contributed by atoms with Crippen LogP contribution in [0.25, 0.3) is 0 Å². The minimum atomic E-state index is 0.0281. The van der Waals surface area contributed by atoms with E-state index in [4.69, 9.17) is 27.1 Å². The van der Waals surface area contributed by atoms with Crippen LogP contribution in [-0.4, -0.2) is 53.0 Å². The van der Waals surface area contributed by atoms with Gasteiger partial charge in [0, 0.05) is 32.4 Å². The lowest BCUT2D eigenvalue weighted by Gasteiger charge is -2.35. The predicted octanol–water partition coefficient (Wildman–Crippen LogP) is 3.85. The molecule has 0 atom stereocenters. The van der Waals surface area contributed by atoms with Gasteiger partial charge in [0.05, 0.1) is 41.4 Å². The molecule has 0 aliphatic carbocycles. The highest BCUT2D eigenvalue weighted by molar-refractivity contribution is 6.33. The van der Waals surface area contributed by atoms with Crippen molar-refractivity contribution in [1.29, 1.82) is 5.26 Å². The molecular weight excluding hydrogens is 424 g/mol. The Kier molecular flexibility index (Phi) is 11.2. The van der Waals surface area contributed by atoms with E-state index in [1.165, 1.54) is 0 Å². The Balaban J connectivity index is 0.000000200. The van der Waals surface area contributed by atoms with Crippen LogP contribution in [0.1, 0.15) is 16.8 Å². The first kappa shape index (κ1) is 25.3. The molecule has 0 spiro atoms. The zero-order valence-corrected chi connectivity index (χ0v) is 19.0. The number of aliphatic hydroxyl groups is 2. The van der Waals surface area contributed by atoms with Gasteiger partial charge in [0.2, 0.25) is 0 Å². The Bertz CT molecular complexity index is 927. The first-order chi connectivity index (χ1) is 15.6. The van der Waals surface area contributed by atoms with Crippen molar-refractivity contribution in [2.75, 3.05) is 37.8 Å². The van der Waals surface area contributed by atoms with Crippen LogP contribution >= 0.6 is 11.6 Å². The summed E-state index contributed by atoms with van der Waals surface area (Å²) in [5, 5.41) is 27.0. The molecule has 168 valence electrons. The normalized spacial score (nSPS) is 13.2. The molecule has 1 fully saturated rings. The summed E-state index contributed by atoms with van der Waals surface area (Å²) in [7, 11) is 0. The number of nitriles is 1. The number of hydrogen-bond acceptors (Lipinski definition) is 6. The number of anilines is 1. The molecule has 1 aliphatic rings. The summed E-state index contributed by atoms with van der Waals surface area (Å²) in [5.41, 5.74) is 3.38. The highest BCUT2D eigenvalue weighted by Crippen LogP contribution is 2.27. The van der Waals surface area contributed by atoms with Crippen molar-refractivity contribution in [1.82, 2.24) is 9.88 Å². The van der Waals surface area contributed by atoms with Crippen molar-refractivity contribution in [2.24, 2.45) is 0 Å². The van der Waals surface area contributed by atoms with E-state index in [1.807, 2.05) is 66.4 Å². The van der Waals surface area contributed by atoms with Crippen LogP contribution < -0.4 is 4.90 Å². The highest BCUT2D eigenvalue weighted by atomic mass is 35.5. The zero-order valence-electron chi connectivity index (χ0n) is 18.2. The summed E-state index contributed by atoms with van der Waals surface area (Å²) in [6.07, 6.45) is 1.74. The van der Waals surface area contributed by atoms with Crippen LogP contribution in [0, 0.1) is 18.3 Å². The second kappa shape index (κ2) is 14.2. The fourth-order valence-corrected chi connectivity index (χ4v) is 3.24. The first-order valence-corrected chi connectivity index (χ1v) is 10.8. The molecule has 32 heavy (non-hydrogen) atoms. The molecule has 1 aliphatic heterocycles. The lowest BCUT2D eigenvalue weighted by molar-refractivity contribution is 0.102. The molecule has 3 aromatic rings. The van der Waals surface area contributed by atoms with Crippen molar-refractivity contribution in [2.45, 2.75) is 13.5 Å². The van der Waals surface area contributed by atoms with E-state index in [0.29, 0.717) is 10.6 Å². The average Bonchev–Trinajstić information content (AvgIpc) is 2.86. The van der Waals surface area contributed by atoms with Gasteiger partial charge in [-0.15, -0.1) is 0 Å². The molecule has 0 saturated carbocycles. The van der Waals surface area contributed by atoms with Gasteiger partial charge in [-0.1, -0.05) is 54.1 Å². The quantitative estimate of drug-likeness (QED) is 0.628. The number of aryl methyl sites for hydroxylation is 1. The number of halogens is 1. The van der Waals surface area contributed by atoms with Crippen molar-refractivity contribution >= 4 is 17.3 Å². The van der Waals surface area contributed by atoms with Gasteiger partial charge in [0.1, 0.15) is 0 Å². The number of pyridine rings is 1.